The van der Waals surface area contributed by atoms with Gasteiger partial charge in [-0.3, -0.25) is 9.59 Å². The van der Waals surface area contributed by atoms with Crippen LogP contribution in [0.15, 0.2) is 24.3 Å². The van der Waals surface area contributed by atoms with Crippen LogP contribution in [0, 0.1) is 0 Å². The number of rotatable bonds is 5. The van der Waals surface area contributed by atoms with E-state index in [9.17, 15) is 9.59 Å². The van der Waals surface area contributed by atoms with Crippen LogP contribution in [0.25, 0.3) is 0 Å². The van der Waals surface area contributed by atoms with Gasteiger partial charge in [0.05, 0.1) is 0 Å². The summed E-state index contributed by atoms with van der Waals surface area (Å²) in [4.78, 5) is 30.6. The minimum atomic E-state index is 0.0619. The van der Waals surface area contributed by atoms with Crippen molar-refractivity contribution in [1.29, 1.82) is 0 Å². The standard InChI is InChI=1S/C19H29N3O2/c1-4-18(23)21-12-7-13-22(15-14-21)19(24)16-8-10-17(11-9-16)20(5-2)6-3/h8-11H,4-7,12-15H2,1-3H3. The summed E-state index contributed by atoms with van der Waals surface area (Å²) >= 11 is 0. The fraction of sp³-hybridized carbons (Fsp3) is 0.579. The molecule has 2 amide bonds. The third kappa shape index (κ3) is 4.28. The maximum Gasteiger partial charge on any atom is 0.253 e. The molecule has 0 bridgehead atoms. The van der Waals surface area contributed by atoms with Gasteiger partial charge in [-0.25, -0.2) is 0 Å². The van der Waals surface area contributed by atoms with Crippen molar-refractivity contribution in [3.63, 3.8) is 0 Å². The Morgan fingerprint density at radius 1 is 0.917 bits per heavy atom. The van der Waals surface area contributed by atoms with Gasteiger partial charge in [-0.2, -0.15) is 0 Å². The first-order valence-corrected chi connectivity index (χ1v) is 9.02. The Hall–Kier alpha value is -2.04. The Balaban J connectivity index is 2.02. The zero-order valence-corrected chi connectivity index (χ0v) is 15.1. The average Bonchev–Trinajstić information content (AvgIpc) is 2.88. The number of hydrogen-bond donors (Lipinski definition) is 0. The van der Waals surface area contributed by atoms with E-state index in [4.69, 9.17) is 0 Å². The van der Waals surface area contributed by atoms with Gasteiger partial charge in [0.2, 0.25) is 5.91 Å². The van der Waals surface area contributed by atoms with Crippen LogP contribution in [0.4, 0.5) is 5.69 Å². The monoisotopic (exact) mass is 331 g/mol. The molecule has 0 aromatic heterocycles. The van der Waals surface area contributed by atoms with Crippen molar-refractivity contribution in [2.24, 2.45) is 0 Å². The van der Waals surface area contributed by atoms with E-state index in [0.717, 1.165) is 37.3 Å². The van der Waals surface area contributed by atoms with E-state index in [1.807, 2.05) is 41.0 Å². The third-order valence-electron chi connectivity index (χ3n) is 4.68. The van der Waals surface area contributed by atoms with Crippen molar-refractivity contribution in [1.82, 2.24) is 9.80 Å². The summed E-state index contributed by atoms with van der Waals surface area (Å²) in [6.45, 7) is 10.8. The molecular formula is C19H29N3O2. The number of nitrogens with zero attached hydrogens (tertiary/aromatic N) is 3. The Morgan fingerprint density at radius 2 is 1.50 bits per heavy atom. The quantitative estimate of drug-likeness (QED) is 0.833. The van der Waals surface area contributed by atoms with E-state index >= 15 is 0 Å². The molecule has 0 unspecified atom stereocenters. The first-order chi connectivity index (χ1) is 11.6. The SMILES string of the molecule is CCC(=O)N1CCCN(C(=O)c2ccc(N(CC)CC)cc2)CC1. The smallest absolute Gasteiger partial charge is 0.253 e. The fourth-order valence-electron chi connectivity index (χ4n) is 3.18. The second-order valence-corrected chi connectivity index (χ2v) is 6.10. The van der Waals surface area contributed by atoms with Gasteiger partial charge in [0.25, 0.3) is 5.91 Å². The number of anilines is 1. The molecule has 1 aromatic rings. The maximum atomic E-state index is 12.7. The molecule has 24 heavy (non-hydrogen) atoms. The maximum absolute atomic E-state index is 12.7. The summed E-state index contributed by atoms with van der Waals surface area (Å²) in [7, 11) is 0. The largest absolute Gasteiger partial charge is 0.372 e. The van der Waals surface area contributed by atoms with Gasteiger partial charge in [-0.05, 0) is 44.5 Å². The van der Waals surface area contributed by atoms with Gasteiger partial charge in [0, 0.05) is 56.9 Å². The summed E-state index contributed by atoms with van der Waals surface area (Å²) < 4.78 is 0. The molecule has 1 aliphatic rings. The number of hydrogen-bond acceptors (Lipinski definition) is 3. The molecule has 5 heteroatoms. The second kappa shape index (κ2) is 8.71. The lowest BCUT2D eigenvalue weighted by Crippen LogP contribution is -2.37. The van der Waals surface area contributed by atoms with Gasteiger partial charge < -0.3 is 14.7 Å². The lowest BCUT2D eigenvalue weighted by Gasteiger charge is -2.23. The zero-order chi connectivity index (χ0) is 17.5. The van der Waals surface area contributed by atoms with Crippen LogP contribution >= 0.6 is 0 Å². The van der Waals surface area contributed by atoms with Crippen LogP contribution in [0.2, 0.25) is 0 Å². The van der Waals surface area contributed by atoms with Crippen LogP contribution in [-0.4, -0.2) is 60.9 Å². The molecule has 0 atom stereocenters. The molecule has 0 spiro atoms. The van der Waals surface area contributed by atoms with E-state index in [0.29, 0.717) is 26.1 Å². The van der Waals surface area contributed by atoms with Gasteiger partial charge in [0.15, 0.2) is 0 Å². The van der Waals surface area contributed by atoms with E-state index in [-0.39, 0.29) is 11.8 Å². The van der Waals surface area contributed by atoms with E-state index < -0.39 is 0 Å². The van der Waals surface area contributed by atoms with Crippen LogP contribution in [0.1, 0.15) is 44.0 Å². The molecule has 0 N–H and O–H groups in total. The van der Waals surface area contributed by atoms with E-state index in [1.165, 1.54) is 0 Å². The lowest BCUT2D eigenvalue weighted by molar-refractivity contribution is -0.130. The van der Waals surface area contributed by atoms with Crippen LogP contribution in [0.5, 0.6) is 0 Å². The van der Waals surface area contributed by atoms with Crippen LogP contribution < -0.4 is 4.90 Å². The first kappa shape index (κ1) is 18.3. The number of amides is 2. The summed E-state index contributed by atoms with van der Waals surface area (Å²) in [6.07, 6.45) is 1.37. The Morgan fingerprint density at radius 3 is 2.08 bits per heavy atom. The molecule has 1 heterocycles. The topological polar surface area (TPSA) is 43.9 Å². The lowest BCUT2D eigenvalue weighted by atomic mass is 10.1. The molecule has 0 saturated carbocycles. The van der Waals surface area contributed by atoms with Crippen LogP contribution in [-0.2, 0) is 4.79 Å². The molecule has 2 rings (SSSR count). The Bertz CT molecular complexity index is 552. The van der Waals surface area contributed by atoms with Crippen molar-refractivity contribution in [2.45, 2.75) is 33.6 Å². The Labute approximate surface area is 145 Å². The molecular weight excluding hydrogens is 302 g/mol. The summed E-state index contributed by atoms with van der Waals surface area (Å²) in [5.74, 6) is 0.236. The molecule has 1 aromatic carbocycles. The molecule has 1 aliphatic heterocycles. The number of carbonyl (C=O) groups excluding carboxylic acids is 2. The predicted octanol–water partition coefficient (Wildman–Crippen LogP) is 2.62. The highest BCUT2D eigenvalue weighted by Gasteiger charge is 2.22. The minimum absolute atomic E-state index is 0.0619. The van der Waals surface area contributed by atoms with Crippen molar-refractivity contribution in [3.8, 4) is 0 Å². The van der Waals surface area contributed by atoms with Gasteiger partial charge >= 0.3 is 0 Å². The predicted molar refractivity (Wildman–Crippen MR) is 97.4 cm³/mol. The summed E-state index contributed by atoms with van der Waals surface area (Å²) in [5.41, 5.74) is 1.87. The molecule has 0 aliphatic carbocycles. The average molecular weight is 331 g/mol. The third-order valence-corrected chi connectivity index (χ3v) is 4.68. The normalized spacial score (nSPS) is 15.1. The molecule has 1 fully saturated rings. The second-order valence-electron chi connectivity index (χ2n) is 6.10. The van der Waals surface area contributed by atoms with Gasteiger partial charge in [-0.15, -0.1) is 0 Å². The molecule has 5 nitrogen and oxygen atoms in total. The highest BCUT2D eigenvalue weighted by molar-refractivity contribution is 5.94. The van der Waals surface area contributed by atoms with E-state index in [1.54, 1.807) is 0 Å². The highest BCUT2D eigenvalue weighted by Crippen LogP contribution is 2.17. The van der Waals surface area contributed by atoms with Gasteiger partial charge in [-0.1, -0.05) is 6.92 Å². The minimum Gasteiger partial charge on any atom is -0.372 e. The van der Waals surface area contributed by atoms with Crippen molar-refractivity contribution in [2.75, 3.05) is 44.2 Å². The van der Waals surface area contributed by atoms with Crippen LogP contribution in [0.3, 0.4) is 0 Å². The molecule has 0 radical (unpaired) electrons. The van der Waals surface area contributed by atoms with Crippen molar-refractivity contribution >= 4 is 17.5 Å². The molecule has 132 valence electrons. The highest BCUT2D eigenvalue weighted by atomic mass is 16.2. The van der Waals surface area contributed by atoms with Gasteiger partial charge in [0.1, 0.15) is 0 Å². The summed E-state index contributed by atoms with van der Waals surface area (Å²) in [5, 5.41) is 0. The van der Waals surface area contributed by atoms with Crippen molar-refractivity contribution in [3.05, 3.63) is 29.8 Å². The molecule has 1 saturated heterocycles. The summed E-state index contributed by atoms with van der Waals surface area (Å²) in [6, 6.07) is 7.86. The zero-order valence-electron chi connectivity index (χ0n) is 15.1. The fourth-order valence-corrected chi connectivity index (χ4v) is 3.18. The number of carbonyl (C=O) groups is 2. The first-order valence-electron chi connectivity index (χ1n) is 9.02. The Kier molecular flexibility index (Phi) is 6.64. The van der Waals surface area contributed by atoms with Crippen molar-refractivity contribution < 1.29 is 9.59 Å². The van der Waals surface area contributed by atoms with E-state index in [2.05, 4.69) is 18.7 Å². The number of benzene rings is 1.